The molecule has 3 atom stereocenters. The molecule has 0 aromatic carbocycles. The summed E-state index contributed by atoms with van der Waals surface area (Å²) in [4.78, 5) is 11.3. The second-order valence-corrected chi connectivity index (χ2v) is 3.69. The number of hydrogen-bond donors (Lipinski definition) is 0. The maximum Gasteiger partial charge on any atom is 0.314 e. The molecule has 1 aliphatic heterocycles. The van der Waals surface area contributed by atoms with Crippen molar-refractivity contribution < 1.29 is 14.3 Å². The van der Waals surface area contributed by atoms with Crippen LogP contribution in [0, 0.1) is 5.92 Å². The molecular formula is C8H13IO3. The van der Waals surface area contributed by atoms with Crippen molar-refractivity contribution in [3.63, 3.8) is 0 Å². The molecule has 70 valence electrons. The van der Waals surface area contributed by atoms with E-state index < -0.39 is 0 Å². The fourth-order valence-corrected chi connectivity index (χ4v) is 2.13. The first-order valence-corrected chi connectivity index (χ1v) is 5.61. The highest BCUT2D eigenvalue weighted by Crippen LogP contribution is 2.30. The number of rotatable bonds is 3. The summed E-state index contributed by atoms with van der Waals surface area (Å²) in [7, 11) is 0. The molecule has 0 aromatic heterocycles. The molecule has 1 saturated heterocycles. The first-order valence-electron chi connectivity index (χ1n) is 4.08. The van der Waals surface area contributed by atoms with Crippen molar-refractivity contribution >= 4 is 28.6 Å². The molecule has 12 heavy (non-hydrogen) atoms. The summed E-state index contributed by atoms with van der Waals surface area (Å²) < 4.78 is 11.1. The summed E-state index contributed by atoms with van der Waals surface area (Å²) >= 11 is 2.22. The molecule has 0 saturated carbocycles. The Morgan fingerprint density at radius 2 is 2.33 bits per heavy atom. The fraction of sp³-hybridized carbons (Fsp3) is 0.875. The van der Waals surface area contributed by atoms with Gasteiger partial charge in [-0.05, 0) is 13.8 Å². The Balaban J connectivity index is 2.43. The molecule has 0 aliphatic carbocycles. The number of carbonyl (C=O) groups excluding carboxylic acids is 1. The minimum atomic E-state index is -0.113. The van der Waals surface area contributed by atoms with E-state index in [1.807, 2.05) is 13.8 Å². The lowest BCUT2D eigenvalue weighted by Crippen LogP contribution is -2.52. The molecule has 3 unspecified atom stereocenters. The molecule has 3 nitrogen and oxygen atoms in total. The van der Waals surface area contributed by atoms with Crippen LogP contribution < -0.4 is 0 Å². The molecule has 1 aliphatic rings. The molecule has 0 aromatic rings. The highest BCUT2D eigenvalue weighted by molar-refractivity contribution is 14.1. The first kappa shape index (κ1) is 10.2. The molecular weight excluding hydrogens is 271 g/mol. The molecule has 0 radical (unpaired) electrons. The highest BCUT2D eigenvalue weighted by atomic mass is 127. The number of alkyl halides is 1. The molecule has 1 rings (SSSR count). The van der Waals surface area contributed by atoms with Crippen LogP contribution in [0.25, 0.3) is 0 Å². The van der Waals surface area contributed by atoms with E-state index in [4.69, 9.17) is 9.47 Å². The van der Waals surface area contributed by atoms with Gasteiger partial charge in [0.25, 0.3) is 0 Å². The average molecular weight is 284 g/mol. The topological polar surface area (TPSA) is 35.5 Å². The minimum absolute atomic E-state index is 0.0313. The van der Waals surface area contributed by atoms with Crippen LogP contribution in [0.3, 0.4) is 0 Å². The Hall–Kier alpha value is 0.160. The first-order chi connectivity index (χ1) is 5.70. The quantitative estimate of drug-likeness (QED) is 0.446. The number of esters is 1. The van der Waals surface area contributed by atoms with Gasteiger partial charge in [0.2, 0.25) is 0 Å². The van der Waals surface area contributed by atoms with Crippen molar-refractivity contribution in [2.24, 2.45) is 5.92 Å². The van der Waals surface area contributed by atoms with Gasteiger partial charge in [-0.1, -0.05) is 22.6 Å². The maximum atomic E-state index is 11.3. The number of carbonyl (C=O) groups is 1. The molecule has 0 amide bonds. The largest absolute Gasteiger partial charge is 0.466 e. The van der Waals surface area contributed by atoms with Gasteiger partial charge in [0.1, 0.15) is 5.92 Å². The standard InChI is InChI=1S/C8H13IO3/c1-3-11-8(10)7-5(2)12-6(7)4-9/h5-7H,3-4H2,1-2H3. The van der Waals surface area contributed by atoms with Gasteiger partial charge in [-0.15, -0.1) is 0 Å². The van der Waals surface area contributed by atoms with Gasteiger partial charge in [-0.2, -0.15) is 0 Å². The predicted molar refractivity (Wildman–Crippen MR) is 53.3 cm³/mol. The molecule has 1 fully saturated rings. The van der Waals surface area contributed by atoms with Crippen LogP contribution in [-0.4, -0.2) is 29.2 Å². The van der Waals surface area contributed by atoms with Crippen molar-refractivity contribution in [2.75, 3.05) is 11.0 Å². The van der Waals surface area contributed by atoms with Crippen LogP contribution in [0.4, 0.5) is 0 Å². The Bertz CT molecular complexity index is 172. The van der Waals surface area contributed by atoms with Crippen molar-refractivity contribution in [3.05, 3.63) is 0 Å². The maximum absolute atomic E-state index is 11.3. The van der Waals surface area contributed by atoms with Crippen LogP contribution in [0.2, 0.25) is 0 Å². The number of hydrogen-bond acceptors (Lipinski definition) is 3. The summed E-state index contributed by atoms with van der Waals surface area (Å²) in [6.07, 6.45) is 0.100. The van der Waals surface area contributed by atoms with Gasteiger partial charge in [-0.25, -0.2) is 0 Å². The van der Waals surface area contributed by atoms with Gasteiger partial charge < -0.3 is 9.47 Å². The zero-order valence-corrected chi connectivity index (χ0v) is 9.41. The van der Waals surface area contributed by atoms with E-state index in [9.17, 15) is 4.79 Å². The second-order valence-electron chi connectivity index (χ2n) is 2.81. The summed E-state index contributed by atoms with van der Waals surface area (Å²) in [6.45, 7) is 4.18. The van der Waals surface area contributed by atoms with Crippen LogP contribution in [-0.2, 0) is 14.3 Å². The van der Waals surface area contributed by atoms with Crippen molar-refractivity contribution in [3.8, 4) is 0 Å². The third kappa shape index (κ3) is 1.90. The van der Waals surface area contributed by atoms with Gasteiger partial charge in [0, 0.05) is 4.43 Å². The van der Waals surface area contributed by atoms with Gasteiger partial charge >= 0.3 is 5.97 Å². The van der Waals surface area contributed by atoms with E-state index in [0.717, 1.165) is 4.43 Å². The van der Waals surface area contributed by atoms with Crippen LogP contribution in [0.5, 0.6) is 0 Å². The van der Waals surface area contributed by atoms with Crippen LogP contribution in [0.1, 0.15) is 13.8 Å². The van der Waals surface area contributed by atoms with Crippen molar-refractivity contribution in [1.29, 1.82) is 0 Å². The summed E-state index contributed by atoms with van der Waals surface area (Å²) in [5, 5.41) is 0. The lowest BCUT2D eigenvalue weighted by Gasteiger charge is -2.40. The minimum Gasteiger partial charge on any atom is -0.466 e. The SMILES string of the molecule is CCOC(=O)C1C(C)OC1CI. The van der Waals surface area contributed by atoms with Gasteiger partial charge in [0.15, 0.2) is 0 Å². The number of ether oxygens (including phenoxy) is 2. The van der Waals surface area contributed by atoms with E-state index >= 15 is 0 Å². The fourth-order valence-electron chi connectivity index (χ4n) is 1.37. The summed E-state index contributed by atoms with van der Waals surface area (Å²) in [5.74, 6) is -0.153. The van der Waals surface area contributed by atoms with E-state index in [2.05, 4.69) is 22.6 Å². The van der Waals surface area contributed by atoms with Gasteiger partial charge in [-0.3, -0.25) is 4.79 Å². The van der Waals surface area contributed by atoms with Gasteiger partial charge in [0.05, 0.1) is 18.8 Å². The molecule has 4 heteroatoms. The van der Waals surface area contributed by atoms with Crippen molar-refractivity contribution in [2.45, 2.75) is 26.1 Å². The van der Waals surface area contributed by atoms with E-state index in [1.54, 1.807) is 0 Å². The lowest BCUT2D eigenvalue weighted by molar-refractivity contribution is -0.195. The molecule has 0 N–H and O–H groups in total. The van der Waals surface area contributed by atoms with E-state index in [-0.39, 0.29) is 24.1 Å². The lowest BCUT2D eigenvalue weighted by atomic mass is 9.92. The average Bonchev–Trinajstić information content (AvgIpc) is 2.00. The third-order valence-corrected chi connectivity index (χ3v) is 2.87. The molecule has 0 bridgehead atoms. The van der Waals surface area contributed by atoms with E-state index in [0.29, 0.717) is 6.61 Å². The zero-order chi connectivity index (χ0) is 9.14. The normalized spacial score (nSPS) is 34.1. The molecule has 1 heterocycles. The smallest absolute Gasteiger partial charge is 0.314 e. The van der Waals surface area contributed by atoms with Crippen molar-refractivity contribution in [1.82, 2.24) is 0 Å². The second kappa shape index (κ2) is 4.41. The molecule has 0 spiro atoms. The monoisotopic (exact) mass is 284 g/mol. The zero-order valence-electron chi connectivity index (χ0n) is 7.25. The van der Waals surface area contributed by atoms with E-state index in [1.165, 1.54) is 0 Å². The number of halogens is 1. The van der Waals surface area contributed by atoms with Crippen LogP contribution in [0.15, 0.2) is 0 Å². The predicted octanol–water partition coefficient (Wildman–Crippen LogP) is 1.39. The Morgan fingerprint density at radius 3 is 2.75 bits per heavy atom. The Kier molecular flexibility index (Phi) is 3.77. The summed E-state index contributed by atoms with van der Waals surface area (Å²) in [5.41, 5.74) is 0. The summed E-state index contributed by atoms with van der Waals surface area (Å²) in [6, 6.07) is 0. The van der Waals surface area contributed by atoms with Crippen LogP contribution >= 0.6 is 22.6 Å². The highest BCUT2D eigenvalue weighted by Gasteiger charge is 2.44. The Labute approximate surface area is 85.9 Å². The third-order valence-electron chi connectivity index (χ3n) is 2.01. The Morgan fingerprint density at radius 1 is 1.67 bits per heavy atom.